The molecule has 2 rings (SSSR count). The zero-order valence-electron chi connectivity index (χ0n) is 11.8. The summed E-state index contributed by atoms with van der Waals surface area (Å²) < 4.78 is 6.56. The van der Waals surface area contributed by atoms with Gasteiger partial charge in [-0.15, -0.1) is 0 Å². The second-order valence-electron chi connectivity index (χ2n) is 4.52. The first-order chi connectivity index (χ1) is 9.76. The highest BCUT2D eigenvalue weighted by atomic mass is 79.9. The molecule has 1 N–H and O–H groups in total. The molecule has 1 atom stereocenters. The van der Waals surface area contributed by atoms with Crippen molar-refractivity contribution in [3.05, 3.63) is 58.3 Å². The molecule has 2 aromatic rings. The summed E-state index contributed by atoms with van der Waals surface area (Å²) in [7, 11) is 1.68. The molecule has 4 heteroatoms. The van der Waals surface area contributed by atoms with Gasteiger partial charge in [0.25, 0.3) is 0 Å². The molecule has 20 heavy (non-hydrogen) atoms. The lowest BCUT2D eigenvalue weighted by Crippen LogP contribution is -2.23. The molecule has 0 saturated carbocycles. The van der Waals surface area contributed by atoms with Crippen LogP contribution in [-0.2, 0) is 6.42 Å². The number of hydrogen-bond donors (Lipinski definition) is 1. The van der Waals surface area contributed by atoms with E-state index in [0.717, 1.165) is 28.8 Å². The average molecular weight is 335 g/mol. The zero-order chi connectivity index (χ0) is 14.4. The van der Waals surface area contributed by atoms with Crippen LogP contribution in [0.4, 0.5) is 0 Å². The molecule has 0 radical (unpaired) electrons. The quantitative estimate of drug-likeness (QED) is 0.873. The molecule has 106 valence electrons. The van der Waals surface area contributed by atoms with Crippen LogP contribution >= 0.6 is 15.9 Å². The highest BCUT2D eigenvalue weighted by Gasteiger charge is 2.16. The molecule has 0 amide bonds. The van der Waals surface area contributed by atoms with Gasteiger partial charge in [0.15, 0.2) is 0 Å². The summed E-state index contributed by atoms with van der Waals surface area (Å²) in [5.74, 6) is 0.825. The van der Waals surface area contributed by atoms with Crippen molar-refractivity contribution in [3.8, 4) is 5.75 Å². The van der Waals surface area contributed by atoms with E-state index in [1.165, 1.54) is 5.56 Å². The van der Waals surface area contributed by atoms with Crippen molar-refractivity contribution in [3.63, 3.8) is 0 Å². The Morgan fingerprint density at radius 3 is 2.80 bits per heavy atom. The van der Waals surface area contributed by atoms with Crippen molar-refractivity contribution in [2.24, 2.45) is 0 Å². The van der Waals surface area contributed by atoms with E-state index in [4.69, 9.17) is 4.74 Å². The fraction of sp³-hybridized carbons (Fsp3) is 0.312. The van der Waals surface area contributed by atoms with Crippen LogP contribution in [0.2, 0.25) is 0 Å². The Morgan fingerprint density at radius 2 is 2.10 bits per heavy atom. The molecule has 0 saturated heterocycles. The van der Waals surface area contributed by atoms with Crippen molar-refractivity contribution < 1.29 is 4.74 Å². The molecule has 1 unspecified atom stereocenters. The fourth-order valence-corrected chi connectivity index (χ4v) is 2.72. The predicted molar refractivity (Wildman–Crippen MR) is 85.1 cm³/mol. The summed E-state index contributed by atoms with van der Waals surface area (Å²) in [5.41, 5.74) is 2.41. The third kappa shape index (κ3) is 3.58. The van der Waals surface area contributed by atoms with Crippen LogP contribution in [0.1, 0.15) is 24.1 Å². The number of likely N-dealkylation sites (N-methyl/N-ethyl adjacent to an activating group) is 1. The molecular formula is C16H19BrN2O. The van der Waals surface area contributed by atoms with E-state index >= 15 is 0 Å². The van der Waals surface area contributed by atoms with E-state index in [1.807, 2.05) is 18.3 Å². The number of nitrogens with zero attached hydrogens (tertiary/aromatic N) is 1. The van der Waals surface area contributed by atoms with Crippen molar-refractivity contribution >= 4 is 15.9 Å². The maximum Gasteiger partial charge on any atom is 0.141 e. The van der Waals surface area contributed by atoms with Crippen LogP contribution in [-0.4, -0.2) is 18.6 Å². The number of aromatic nitrogens is 1. The number of methoxy groups -OCH3 is 1. The SMILES string of the molecule is CCNC(Cc1ccccc1Br)c1ccncc1OC. The molecule has 0 aliphatic heterocycles. The molecule has 0 aliphatic carbocycles. The Bertz CT molecular complexity index is 560. The van der Waals surface area contributed by atoms with Gasteiger partial charge in [-0.25, -0.2) is 0 Å². The molecule has 3 nitrogen and oxygen atoms in total. The number of nitrogens with one attached hydrogen (secondary N) is 1. The number of benzene rings is 1. The van der Waals surface area contributed by atoms with Crippen molar-refractivity contribution in [1.82, 2.24) is 10.3 Å². The molecule has 1 aromatic carbocycles. The van der Waals surface area contributed by atoms with Gasteiger partial charge in [0.2, 0.25) is 0 Å². The normalized spacial score (nSPS) is 12.2. The second-order valence-corrected chi connectivity index (χ2v) is 5.38. The molecule has 1 aromatic heterocycles. The molecule has 0 aliphatic rings. The smallest absolute Gasteiger partial charge is 0.141 e. The van der Waals surface area contributed by atoms with Gasteiger partial charge in [-0.1, -0.05) is 41.1 Å². The van der Waals surface area contributed by atoms with Crippen molar-refractivity contribution in [2.75, 3.05) is 13.7 Å². The van der Waals surface area contributed by atoms with Crippen LogP contribution in [0, 0.1) is 0 Å². The minimum atomic E-state index is 0.205. The van der Waals surface area contributed by atoms with E-state index in [2.05, 4.69) is 51.4 Å². The highest BCUT2D eigenvalue weighted by Crippen LogP contribution is 2.28. The van der Waals surface area contributed by atoms with Crippen LogP contribution in [0.25, 0.3) is 0 Å². The highest BCUT2D eigenvalue weighted by molar-refractivity contribution is 9.10. The summed E-state index contributed by atoms with van der Waals surface area (Å²) in [4.78, 5) is 4.12. The first-order valence-electron chi connectivity index (χ1n) is 6.71. The maximum absolute atomic E-state index is 5.43. The molecular weight excluding hydrogens is 316 g/mol. The lowest BCUT2D eigenvalue weighted by atomic mass is 9.99. The average Bonchev–Trinajstić information content (AvgIpc) is 2.49. The number of pyridine rings is 1. The topological polar surface area (TPSA) is 34.2 Å². The molecule has 0 fully saturated rings. The Hall–Kier alpha value is -1.39. The van der Waals surface area contributed by atoms with E-state index in [0.29, 0.717) is 0 Å². The first kappa shape index (κ1) is 15.0. The van der Waals surface area contributed by atoms with Gasteiger partial charge in [0.05, 0.1) is 13.3 Å². The number of hydrogen-bond acceptors (Lipinski definition) is 3. The Kier molecular flexibility index (Phi) is 5.56. The van der Waals surface area contributed by atoms with E-state index < -0.39 is 0 Å². The van der Waals surface area contributed by atoms with Crippen molar-refractivity contribution in [2.45, 2.75) is 19.4 Å². The number of halogens is 1. The van der Waals surface area contributed by atoms with Gasteiger partial charge in [-0.3, -0.25) is 4.98 Å². The largest absolute Gasteiger partial charge is 0.495 e. The van der Waals surface area contributed by atoms with E-state index in [-0.39, 0.29) is 6.04 Å². The van der Waals surface area contributed by atoms with Gasteiger partial charge in [-0.2, -0.15) is 0 Å². The van der Waals surface area contributed by atoms with E-state index in [9.17, 15) is 0 Å². The minimum absolute atomic E-state index is 0.205. The standard InChI is InChI=1S/C16H19BrN2O/c1-3-19-15(10-12-6-4-5-7-14(12)17)13-8-9-18-11-16(13)20-2/h4-9,11,15,19H,3,10H2,1-2H3. The minimum Gasteiger partial charge on any atom is -0.495 e. The zero-order valence-corrected chi connectivity index (χ0v) is 13.4. The van der Waals surface area contributed by atoms with Gasteiger partial charge >= 0.3 is 0 Å². The van der Waals surface area contributed by atoms with E-state index in [1.54, 1.807) is 13.3 Å². The van der Waals surface area contributed by atoms with Crippen LogP contribution in [0.3, 0.4) is 0 Å². The number of ether oxygens (including phenoxy) is 1. The van der Waals surface area contributed by atoms with Gasteiger partial charge in [0, 0.05) is 22.3 Å². The summed E-state index contributed by atoms with van der Waals surface area (Å²) in [6.45, 7) is 3.02. The summed E-state index contributed by atoms with van der Waals surface area (Å²) >= 11 is 3.61. The number of rotatable bonds is 6. The second kappa shape index (κ2) is 7.41. The lowest BCUT2D eigenvalue weighted by Gasteiger charge is -2.21. The van der Waals surface area contributed by atoms with Crippen LogP contribution in [0.15, 0.2) is 47.2 Å². The summed E-state index contributed by atoms with van der Waals surface area (Å²) in [5, 5.41) is 3.52. The Labute approximate surface area is 128 Å². The Balaban J connectivity index is 2.29. The first-order valence-corrected chi connectivity index (χ1v) is 7.50. The fourth-order valence-electron chi connectivity index (χ4n) is 2.27. The summed E-state index contributed by atoms with van der Waals surface area (Å²) in [6.07, 6.45) is 4.47. The van der Waals surface area contributed by atoms with Gasteiger partial charge in [-0.05, 0) is 30.7 Å². The third-order valence-corrected chi connectivity index (χ3v) is 4.02. The van der Waals surface area contributed by atoms with Gasteiger partial charge in [0.1, 0.15) is 5.75 Å². The van der Waals surface area contributed by atoms with Crippen LogP contribution < -0.4 is 10.1 Å². The van der Waals surface area contributed by atoms with Crippen molar-refractivity contribution in [1.29, 1.82) is 0 Å². The molecule has 1 heterocycles. The summed E-state index contributed by atoms with van der Waals surface area (Å²) in [6, 6.07) is 10.5. The lowest BCUT2D eigenvalue weighted by molar-refractivity contribution is 0.397. The Morgan fingerprint density at radius 1 is 1.30 bits per heavy atom. The molecule has 0 spiro atoms. The van der Waals surface area contributed by atoms with Gasteiger partial charge < -0.3 is 10.1 Å². The third-order valence-electron chi connectivity index (χ3n) is 3.24. The molecule has 0 bridgehead atoms. The monoisotopic (exact) mass is 334 g/mol. The maximum atomic E-state index is 5.43. The van der Waals surface area contributed by atoms with Crippen LogP contribution in [0.5, 0.6) is 5.75 Å². The predicted octanol–water partition coefficient (Wildman–Crippen LogP) is 3.75.